The number of rotatable bonds is 6. The van der Waals surface area contributed by atoms with Crippen LogP contribution in [0.25, 0.3) is 0 Å². The third-order valence-electron chi connectivity index (χ3n) is 2.90. The van der Waals surface area contributed by atoms with Gasteiger partial charge in [0.1, 0.15) is 5.75 Å². The van der Waals surface area contributed by atoms with E-state index in [0.717, 1.165) is 29.5 Å². The summed E-state index contributed by atoms with van der Waals surface area (Å²) in [6.45, 7) is 2.88. The van der Waals surface area contributed by atoms with Crippen molar-refractivity contribution in [2.75, 3.05) is 18.1 Å². The van der Waals surface area contributed by atoms with E-state index < -0.39 is 0 Å². The normalized spacial score (nSPS) is 10.4. The fourth-order valence-corrected chi connectivity index (χ4v) is 2.63. The number of hydrogen-bond acceptors (Lipinski definition) is 3. The first kappa shape index (κ1) is 13.8. The van der Waals surface area contributed by atoms with Gasteiger partial charge < -0.3 is 10.5 Å². The highest BCUT2D eigenvalue weighted by atomic mass is 32.2. The van der Waals surface area contributed by atoms with Gasteiger partial charge in [-0.1, -0.05) is 24.3 Å². The zero-order valence-electron chi connectivity index (χ0n) is 11.1. The van der Waals surface area contributed by atoms with Crippen molar-refractivity contribution in [3.8, 4) is 5.75 Å². The van der Waals surface area contributed by atoms with Crippen LogP contribution in [0.3, 0.4) is 0 Å². The summed E-state index contributed by atoms with van der Waals surface area (Å²) in [6, 6.07) is 16.0. The molecule has 0 aliphatic heterocycles. The van der Waals surface area contributed by atoms with E-state index >= 15 is 0 Å². The van der Waals surface area contributed by atoms with E-state index in [4.69, 9.17) is 10.5 Å². The van der Waals surface area contributed by atoms with Gasteiger partial charge in [-0.3, -0.25) is 0 Å². The van der Waals surface area contributed by atoms with Gasteiger partial charge in [0.25, 0.3) is 0 Å². The van der Waals surface area contributed by atoms with E-state index in [1.165, 1.54) is 11.1 Å². The Morgan fingerprint density at radius 2 is 1.79 bits per heavy atom. The Morgan fingerprint density at radius 1 is 1.05 bits per heavy atom. The fraction of sp³-hybridized carbons (Fsp3) is 0.250. The maximum atomic E-state index is 5.65. The molecular weight excluding hydrogens is 254 g/mol. The molecule has 100 valence electrons. The Hall–Kier alpha value is -1.61. The lowest BCUT2D eigenvalue weighted by Crippen LogP contribution is -2.00. The minimum Gasteiger partial charge on any atom is -0.493 e. The van der Waals surface area contributed by atoms with Crippen LogP contribution in [0, 0.1) is 6.92 Å². The molecule has 2 nitrogen and oxygen atoms in total. The number of ether oxygens (including phenoxy) is 1. The molecule has 0 saturated heterocycles. The molecule has 3 heteroatoms. The van der Waals surface area contributed by atoms with Crippen molar-refractivity contribution in [1.29, 1.82) is 0 Å². The average Bonchev–Trinajstić information content (AvgIpc) is 2.42. The Kier molecular flexibility index (Phi) is 5.16. The SMILES string of the molecule is Cc1ccccc1CSCCOc1ccc(N)cc1. The second kappa shape index (κ2) is 7.10. The summed E-state index contributed by atoms with van der Waals surface area (Å²) in [5, 5.41) is 0. The van der Waals surface area contributed by atoms with Crippen LogP contribution >= 0.6 is 11.8 Å². The van der Waals surface area contributed by atoms with E-state index in [9.17, 15) is 0 Å². The molecule has 0 saturated carbocycles. The number of hydrogen-bond donors (Lipinski definition) is 1. The van der Waals surface area contributed by atoms with Crippen LogP contribution < -0.4 is 10.5 Å². The van der Waals surface area contributed by atoms with Gasteiger partial charge in [-0.25, -0.2) is 0 Å². The predicted octanol–water partition coefficient (Wildman–Crippen LogP) is 3.89. The van der Waals surface area contributed by atoms with E-state index in [2.05, 4.69) is 31.2 Å². The smallest absolute Gasteiger partial charge is 0.119 e. The molecule has 19 heavy (non-hydrogen) atoms. The predicted molar refractivity (Wildman–Crippen MR) is 83.7 cm³/mol. The second-order valence-corrected chi connectivity index (χ2v) is 5.50. The minimum atomic E-state index is 0.723. The van der Waals surface area contributed by atoms with Crippen molar-refractivity contribution in [2.45, 2.75) is 12.7 Å². The topological polar surface area (TPSA) is 35.2 Å². The Bertz CT molecular complexity index is 510. The van der Waals surface area contributed by atoms with Crippen molar-refractivity contribution in [3.05, 3.63) is 59.7 Å². The molecule has 2 aromatic carbocycles. The summed E-state index contributed by atoms with van der Waals surface area (Å²) in [5.41, 5.74) is 9.15. The minimum absolute atomic E-state index is 0.723. The quantitative estimate of drug-likeness (QED) is 0.640. The monoisotopic (exact) mass is 273 g/mol. The molecule has 0 amide bonds. The molecule has 0 aliphatic carbocycles. The van der Waals surface area contributed by atoms with Gasteiger partial charge in [0.2, 0.25) is 0 Å². The molecule has 0 aliphatic rings. The number of benzene rings is 2. The molecule has 0 unspecified atom stereocenters. The molecule has 2 rings (SSSR count). The molecule has 0 fully saturated rings. The molecule has 0 heterocycles. The van der Waals surface area contributed by atoms with Gasteiger partial charge in [0.05, 0.1) is 6.61 Å². The van der Waals surface area contributed by atoms with Crippen molar-refractivity contribution >= 4 is 17.4 Å². The standard InChI is InChI=1S/C16H19NOS/c1-13-4-2-3-5-14(13)12-19-11-10-18-16-8-6-15(17)7-9-16/h2-9H,10-12,17H2,1H3. The van der Waals surface area contributed by atoms with Crippen LogP contribution in [0.15, 0.2) is 48.5 Å². The van der Waals surface area contributed by atoms with Gasteiger partial charge in [-0.15, -0.1) is 0 Å². The van der Waals surface area contributed by atoms with E-state index in [0.29, 0.717) is 0 Å². The lowest BCUT2D eigenvalue weighted by molar-refractivity contribution is 0.344. The molecule has 0 aromatic heterocycles. The first-order valence-corrected chi connectivity index (χ1v) is 7.52. The molecular formula is C16H19NOS. The summed E-state index contributed by atoms with van der Waals surface area (Å²) < 4.78 is 5.65. The number of aryl methyl sites for hydroxylation is 1. The van der Waals surface area contributed by atoms with Crippen LogP contribution in [0.5, 0.6) is 5.75 Å². The van der Waals surface area contributed by atoms with Crippen LogP contribution in [0.1, 0.15) is 11.1 Å². The lowest BCUT2D eigenvalue weighted by Gasteiger charge is -2.07. The summed E-state index contributed by atoms with van der Waals surface area (Å²) in [5.74, 6) is 2.90. The lowest BCUT2D eigenvalue weighted by atomic mass is 10.1. The highest BCUT2D eigenvalue weighted by Crippen LogP contribution is 2.17. The zero-order valence-corrected chi connectivity index (χ0v) is 12.0. The van der Waals surface area contributed by atoms with Crippen LogP contribution in [0.4, 0.5) is 5.69 Å². The van der Waals surface area contributed by atoms with Gasteiger partial charge in [0, 0.05) is 17.2 Å². The number of nitrogen functional groups attached to an aromatic ring is 1. The van der Waals surface area contributed by atoms with E-state index in [1.54, 1.807) is 0 Å². The largest absolute Gasteiger partial charge is 0.493 e. The van der Waals surface area contributed by atoms with Crippen molar-refractivity contribution < 1.29 is 4.74 Å². The molecule has 0 bridgehead atoms. The van der Waals surface area contributed by atoms with Crippen LogP contribution in [-0.2, 0) is 5.75 Å². The first-order valence-electron chi connectivity index (χ1n) is 6.36. The fourth-order valence-electron chi connectivity index (χ4n) is 1.74. The molecule has 0 spiro atoms. The van der Waals surface area contributed by atoms with Gasteiger partial charge >= 0.3 is 0 Å². The van der Waals surface area contributed by atoms with Crippen molar-refractivity contribution in [2.24, 2.45) is 0 Å². The molecule has 2 aromatic rings. The molecule has 0 atom stereocenters. The summed E-state index contributed by atoms with van der Waals surface area (Å²) >= 11 is 1.89. The first-order chi connectivity index (χ1) is 9.25. The Balaban J connectivity index is 1.67. The third kappa shape index (κ3) is 4.52. The van der Waals surface area contributed by atoms with E-state index in [1.807, 2.05) is 36.0 Å². The zero-order chi connectivity index (χ0) is 13.5. The summed E-state index contributed by atoms with van der Waals surface area (Å²) in [4.78, 5) is 0. The highest BCUT2D eigenvalue weighted by Gasteiger charge is 1.98. The summed E-state index contributed by atoms with van der Waals surface area (Å²) in [7, 11) is 0. The number of anilines is 1. The number of nitrogens with two attached hydrogens (primary N) is 1. The van der Waals surface area contributed by atoms with Crippen molar-refractivity contribution in [3.63, 3.8) is 0 Å². The highest BCUT2D eigenvalue weighted by molar-refractivity contribution is 7.98. The van der Waals surface area contributed by atoms with E-state index in [-0.39, 0.29) is 0 Å². The summed E-state index contributed by atoms with van der Waals surface area (Å²) in [6.07, 6.45) is 0. The maximum Gasteiger partial charge on any atom is 0.119 e. The van der Waals surface area contributed by atoms with Gasteiger partial charge in [-0.2, -0.15) is 11.8 Å². The Labute approximate surface area is 119 Å². The molecule has 2 N–H and O–H groups in total. The van der Waals surface area contributed by atoms with Crippen LogP contribution in [0.2, 0.25) is 0 Å². The van der Waals surface area contributed by atoms with Gasteiger partial charge in [0.15, 0.2) is 0 Å². The second-order valence-electron chi connectivity index (χ2n) is 4.40. The van der Waals surface area contributed by atoms with Crippen molar-refractivity contribution in [1.82, 2.24) is 0 Å². The third-order valence-corrected chi connectivity index (χ3v) is 3.87. The Morgan fingerprint density at radius 3 is 2.53 bits per heavy atom. The van der Waals surface area contributed by atoms with Crippen LogP contribution in [-0.4, -0.2) is 12.4 Å². The maximum absolute atomic E-state index is 5.65. The average molecular weight is 273 g/mol. The number of thioether (sulfide) groups is 1. The van der Waals surface area contributed by atoms with Gasteiger partial charge in [-0.05, 0) is 42.3 Å². The molecule has 0 radical (unpaired) electrons.